The summed E-state index contributed by atoms with van der Waals surface area (Å²) in [5, 5.41) is 3.39. The smallest absolute Gasteiger partial charge is 0.222 e. The number of benzene rings is 1. The van der Waals surface area contributed by atoms with E-state index in [0.29, 0.717) is 18.9 Å². The number of hydrogen-bond acceptors (Lipinski definition) is 4. The number of rotatable bonds is 7. The summed E-state index contributed by atoms with van der Waals surface area (Å²) in [6.07, 6.45) is 4.01. The van der Waals surface area contributed by atoms with Crippen LogP contribution in [0.3, 0.4) is 0 Å². The molecular weight excluding hydrogens is 280 g/mol. The van der Waals surface area contributed by atoms with Crippen molar-refractivity contribution in [3.05, 3.63) is 23.8 Å². The zero-order chi connectivity index (χ0) is 15.8. The van der Waals surface area contributed by atoms with Crippen LogP contribution in [0.1, 0.15) is 31.2 Å². The predicted octanol–water partition coefficient (Wildman–Crippen LogP) is 2.20. The van der Waals surface area contributed by atoms with Crippen LogP contribution in [-0.2, 0) is 11.3 Å². The lowest BCUT2D eigenvalue weighted by atomic mass is 10.2. The largest absolute Gasteiger partial charge is 0.497 e. The van der Waals surface area contributed by atoms with Crippen LogP contribution >= 0.6 is 0 Å². The predicted molar refractivity (Wildman–Crippen MR) is 86.3 cm³/mol. The van der Waals surface area contributed by atoms with E-state index in [1.165, 1.54) is 0 Å². The van der Waals surface area contributed by atoms with Crippen molar-refractivity contribution in [2.24, 2.45) is 0 Å². The molecule has 0 aromatic heterocycles. The summed E-state index contributed by atoms with van der Waals surface area (Å²) in [5.41, 5.74) is 1.06. The number of nitrogens with zero attached hydrogens (tertiary/aromatic N) is 1. The van der Waals surface area contributed by atoms with Gasteiger partial charge in [-0.2, -0.15) is 0 Å². The van der Waals surface area contributed by atoms with Gasteiger partial charge in [-0.1, -0.05) is 6.42 Å². The number of carbonyl (C=O) groups excluding carboxylic acids is 1. The summed E-state index contributed by atoms with van der Waals surface area (Å²) >= 11 is 0. The van der Waals surface area contributed by atoms with E-state index in [-0.39, 0.29) is 0 Å². The van der Waals surface area contributed by atoms with Crippen molar-refractivity contribution in [3.63, 3.8) is 0 Å². The van der Waals surface area contributed by atoms with E-state index >= 15 is 0 Å². The van der Waals surface area contributed by atoms with Gasteiger partial charge in [0.25, 0.3) is 0 Å². The Hall–Kier alpha value is -1.75. The van der Waals surface area contributed by atoms with Crippen molar-refractivity contribution in [3.8, 4) is 11.5 Å². The second-order valence-electron chi connectivity index (χ2n) is 5.55. The third kappa shape index (κ3) is 4.63. The van der Waals surface area contributed by atoms with Gasteiger partial charge in [-0.3, -0.25) is 4.79 Å². The molecule has 5 heteroatoms. The summed E-state index contributed by atoms with van der Waals surface area (Å²) in [4.78, 5) is 13.9. The van der Waals surface area contributed by atoms with Crippen LogP contribution in [-0.4, -0.2) is 44.7 Å². The summed E-state index contributed by atoms with van der Waals surface area (Å²) in [5.74, 6) is 1.96. The van der Waals surface area contributed by atoms with E-state index in [4.69, 9.17) is 9.47 Å². The molecule has 1 aromatic rings. The minimum absolute atomic E-state index is 0.290. The Morgan fingerprint density at radius 1 is 1.18 bits per heavy atom. The van der Waals surface area contributed by atoms with Gasteiger partial charge in [0.2, 0.25) is 5.91 Å². The Morgan fingerprint density at radius 3 is 2.82 bits per heavy atom. The summed E-state index contributed by atoms with van der Waals surface area (Å²) in [6, 6.07) is 5.77. The van der Waals surface area contributed by atoms with Gasteiger partial charge in [0.15, 0.2) is 0 Å². The molecule has 1 aliphatic rings. The van der Waals surface area contributed by atoms with E-state index in [2.05, 4.69) is 5.32 Å². The highest BCUT2D eigenvalue weighted by atomic mass is 16.5. The molecule has 0 atom stereocenters. The zero-order valence-corrected chi connectivity index (χ0v) is 13.6. The molecular formula is C17H26N2O3. The van der Waals surface area contributed by atoms with Gasteiger partial charge < -0.3 is 19.7 Å². The van der Waals surface area contributed by atoms with Gasteiger partial charge in [0.05, 0.1) is 14.2 Å². The first kappa shape index (κ1) is 16.6. The fraction of sp³-hybridized carbons (Fsp3) is 0.588. The van der Waals surface area contributed by atoms with Crippen LogP contribution in [0.25, 0.3) is 0 Å². The molecule has 1 amide bonds. The number of amides is 1. The molecule has 1 saturated heterocycles. The number of carbonyl (C=O) groups is 1. The highest BCUT2D eigenvalue weighted by Gasteiger charge is 2.15. The van der Waals surface area contributed by atoms with E-state index in [1.807, 2.05) is 23.1 Å². The molecule has 1 aliphatic heterocycles. The quantitative estimate of drug-likeness (QED) is 0.785. The van der Waals surface area contributed by atoms with Crippen molar-refractivity contribution in [2.75, 3.05) is 33.9 Å². The molecule has 2 rings (SSSR count). The highest BCUT2D eigenvalue weighted by Crippen LogP contribution is 2.23. The third-order valence-corrected chi connectivity index (χ3v) is 4.03. The average molecular weight is 306 g/mol. The van der Waals surface area contributed by atoms with E-state index in [1.54, 1.807) is 14.2 Å². The Labute approximate surface area is 132 Å². The van der Waals surface area contributed by atoms with Crippen molar-refractivity contribution in [1.82, 2.24) is 10.2 Å². The standard InChI is InChI=1S/C17H26N2O3/c1-21-15-7-8-16(22-2)14(12-15)13-18-9-11-19-10-5-3-4-6-17(19)20/h7-8,12,18H,3-6,9-11,13H2,1-2H3. The van der Waals surface area contributed by atoms with Crippen LogP contribution in [0.4, 0.5) is 0 Å². The first-order valence-corrected chi connectivity index (χ1v) is 7.94. The van der Waals surface area contributed by atoms with Crippen LogP contribution in [0.15, 0.2) is 18.2 Å². The molecule has 1 aromatic carbocycles. The third-order valence-electron chi connectivity index (χ3n) is 4.03. The lowest BCUT2D eigenvalue weighted by Crippen LogP contribution is -2.36. The second-order valence-corrected chi connectivity index (χ2v) is 5.55. The Morgan fingerprint density at radius 2 is 2.05 bits per heavy atom. The maximum Gasteiger partial charge on any atom is 0.222 e. The number of nitrogens with one attached hydrogen (secondary N) is 1. The van der Waals surface area contributed by atoms with Crippen molar-refractivity contribution >= 4 is 5.91 Å². The monoisotopic (exact) mass is 306 g/mol. The fourth-order valence-electron chi connectivity index (χ4n) is 2.73. The molecule has 0 bridgehead atoms. The van der Waals surface area contributed by atoms with Crippen molar-refractivity contribution in [2.45, 2.75) is 32.2 Å². The summed E-state index contributed by atoms with van der Waals surface area (Å²) in [7, 11) is 3.32. The highest BCUT2D eigenvalue weighted by molar-refractivity contribution is 5.76. The first-order chi connectivity index (χ1) is 10.7. The molecule has 1 N–H and O–H groups in total. The molecule has 0 aliphatic carbocycles. The van der Waals surface area contributed by atoms with Gasteiger partial charge in [-0.05, 0) is 31.0 Å². The maximum absolute atomic E-state index is 11.9. The minimum atomic E-state index is 0.290. The number of likely N-dealkylation sites (tertiary alicyclic amines) is 1. The van der Waals surface area contributed by atoms with Gasteiger partial charge in [-0.25, -0.2) is 0 Å². The van der Waals surface area contributed by atoms with Crippen LogP contribution in [0.5, 0.6) is 11.5 Å². The average Bonchev–Trinajstić information content (AvgIpc) is 2.75. The second kappa shape index (κ2) is 8.63. The number of ether oxygens (including phenoxy) is 2. The molecule has 5 nitrogen and oxygen atoms in total. The normalized spacial score (nSPS) is 15.5. The molecule has 22 heavy (non-hydrogen) atoms. The Balaban J connectivity index is 1.81. The van der Waals surface area contributed by atoms with Gasteiger partial charge in [0, 0.05) is 38.2 Å². The summed E-state index contributed by atoms with van der Waals surface area (Å²) in [6.45, 7) is 3.14. The lowest BCUT2D eigenvalue weighted by molar-refractivity contribution is -0.130. The van der Waals surface area contributed by atoms with Crippen LogP contribution in [0, 0.1) is 0 Å². The molecule has 0 saturated carbocycles. The SMILES string of the molecule is COc1ccc(OC)c(CNCCN2CCCCCC2=O)c1. The molecule has 1 fully saturated rings. The number of hydrogen-bond donors (Lipinski definition) is 1. The van der Waals surface area contributed by atoms with Gasteiger partial charge in [0.1, 0.15) is 11.5 Å². The van der Waals surface area contributed by atoms with Crippen LogP contribution in [0.2, 0.25) is 0 Å². The van der Waals surface area contributed by atoms with Gasteiger partial charge in [-0.15, -0.1) is 0 Å². The molecule has 1 heterocycles. The molecule has 0 spiro atoms. The number of methoxy groups -OCH3 is 2. The zero-order valence-electron chi connectivity index (χ0n) is 13.6. The molecule has 0 unspecified atom stereocenters. The minimum Gasteiger partial charge on any atom is -0.497 e. The van der Waals surface area contributed by atoms with Crippen LogP contribution < -0.4 is 14.8 Å². The Kier molecular flexibility index (Phi) is 6.52. The van der Waals surface area contributed by atoms with Crippen molar-refractivity contribution in [1.29, 1.82) is 0 Å². The fourth-order valence-corrected chi connectivity index (χ4v) is 2.73. The first-order valence-electron chi connectivity index (χ1n) is 7.94. The topological polar surface area (TPSA) is 50.8 Å². The van der Waals surface area contributed by atoms with Gasteiger partial charge >= 0.3 is 0 Å². The van der Waals surface area contributed by atoms with E-state index < -0.39 is 0 Å². The lowest BCUT2D eigenvalue weighted by Gasteiger charge is -2.20. The van der Waals surface area contributed by atoms with Crippen molar-refractivity contribution < 1.29 is 14.3 Å². The van der Waals surface area contributed by atoms with E-state index in [9.17, 15) is 4.79 Å². The molecule has 122 valence electrons. The van der Waals surface area contributed by atoms with E-state index in [0.717, 1.165) is 56.0 Å². The summed E-state index contributed by atoms with van der Waals surface area (Å²) < 4.78 is 10.6. The molecule has 0 radical (unpaired) electrons. The Bertz CT molecular complexity index is 491. The maximum atomic E-state index is 11.9.